The summed E-state index contributed by atoms with van der Waals surface area (Å²) >= 11 is 0. The first-order valence-electron chi connectivity index (χ1n) is 3.63. The van der Waals surface area contributed by atoms with Crippen LogP contribution in [0.1, 0.15) is 13.3 Å². The summed E-state index contributed by atoms with van der Waals surface area (Å²) in [4.78, 5) is 0. The van der Waals surface area contributed by atoms with Crippen LogP contribution in [-0.2, 0) is 4.74 Å². The van der Waals surface area contributed by atoms with Crippen molar-refractivity contribution in [3.05, 3.63) is 0 Å². The third-order valence-corrected chi connectivity index (χ3v) is 3.80. The van der Waals surface area contributed by atoms with E-state index in [1.807, 2.05) is 0 Å². The van der Waals surface area contributed by atoms with Crippen molar-refractivity contribution in [3.63, 3.8) is 0 Å². The molecule has 0 N–H and O–H groups in total. The van der Waals surface area contributed by atoms with Crippen LogP contribution in [0.2, 0.25) is 0 Å². The summed E-state index contributed by atoms with van der Waals surface area (Å²) in [6.07, 6.45) is 4.71. The van der Waals surface area contributed by atoms with Crippen LogP contribution in [0.5, 0.6) is 0 Å². The van der Waals surface area contributed by atoms with Gasteiger partial charge in [-0.3, -0.25) is 0 Å². The van der Waals surface area contributed by atoms with E-state index in [9.17, 15) is 0 Å². The number of hydrogen-bond donors (Lipinski definition) is 0. The summed E-state index contributed by atoms with van der Waals surface area (Å²) in [6, 6.07) is 0. The maximum atomic E-state index is 5.49. The summed E-state index contributed by atoms with van der Waals surface area (Å²) in [5.74, 6) is 0. The minimum atomic E-state index is 0.359. The monoisotopic (exact) mass is 146 g/mol. The molecule has 1 aliphatic rings. The molecule has 0 amide bonds. The van der Waals surface area contributed by atoms with Crippen LogP contribution < -0.4 is 0 Å². The highest BCUT2D eigenvalue weighted by molar-refractivity contribution is 7.57. The normalized spacial score (nSPS) is 35.3. The Morgan fingerprint density at radius 2 is 2.44 bits per heavy atom. The van der Waals surface area contributed by atoms with E-state index in [0.29, 0.717) is 14.0 Å². The smallest absolute Gasteiger partial charge is 0.0617 e. The summed E-state index contributed by atoms with van der Waals surface area (Å²) in [5.41, 5.74) is 0. The van der Waals surface area contributed by atoms with Crippen molar-refractivity contribution >= 4 is 7.92 Å². The van der Waals surface area contributed by atoms with Gasteiger partial charge in [0.2, 0.25) is 0 Å². The molecule has 54 valence electrons. The topological polar surface area (TPSA) is 9.23 Å². The molecule has 0 radical (unpaired) electrons. The van der Waals surface area contributed by atoms with Gasteiger partial charge >= 0.3 is 0 Å². The molecule has 0 aliphatic carbocycles. The molecule has 1 aliphatic heterocycles. The fourth-order valence-electron chi connectivity index (χ4n) is 1.27. The van der Waals surface area contributed by atoms with Crippen molar-refractivity contribution in [1.29, 1.82) is 0 Å². The van der Waals surface area contributed by atoms with E-state index >= 15 is 0 Å². The average Bonchev–Trinajstić information content (AvgIpc) is 2.17. The number of ether oxygens (including phenoxy) is 1. The molecule has 1 heterocycles. The first-order valence-corrected chi connectivity index (χ1v) is 5.79. The predicted molar refractivity (Wildman–Crippen MR) is 42.6 cm³/mol. The van der Waals surface area contributed by atoms with Gasteiger partial charge in [-0.05, 0) is 32.3 Å². The molecule has 0 aromatic heterocycles. The van der Waals surface area contributed by atoms with Gasteiger partial charge in [0.05, 0.1) is 6.10 Å². The van der Waals surface area contributed by atoms with E-state index in [2.05, 4.69) is 13.6 Å². The summed E-state index contributed by atoms with van der Waals surface area (Å²) in [6.45, 7) is 5.35. The van der Waals surface area contributed by atoms with Crippen molar-refractivity contribution < 1.29 is 4.74 Å². The van der Waals surface area contributed by atoms with Crippen molar-refractivity contribution in [1.82, 2.24) is 0 Å². The Labute approximate surface area is 58.5 Å². The van der Waals surface area contributed by atoms with E-state index in [-0.39, 0.29) is 0 Å². The molecule has 0 aromatic rings. The zero-order valence-electron chi connectivity index (χ0n) is 6.26. The molecule has 2 atom stereocenters. The van der Waals surface area contributed by atoms with Crippen LogP contribution in [0.15, 0.2) is 0 Å². The lowest BCUT2D eigenvalue weighted by Gasteiger charge is -2.07. The van der Waals surface area contributed by atoms with Crippen LogP contribution in [0, 0.1) is 0 Å². The molecule has 1 rings (SSSR count). The van der Waals surface area contributed by atoms with Gasteiger partial charge in [-0.25, -0.2) is 0 Å². The van der Waals surface area contributed by atoms with Gasteiger partial charge in [-0.15, -0.1) is 7.92 Å². The summed E-state index contributed by atoms with van der Waals surface area (Å²) in [5, 5.41) is 0. The highest BCUT2D eigenvalue weighted by Crippen LogP contribution is 2.40. The molecule has 0 spiro atoms. The van der Waals surface area contributed by atoms with E-state index in [0.717, 1.165) is 6.61 Å². The highest BCUT2D eigenvalue weighted by atomic mass is 31.1. The Balaban J connectivity index is 2.14. The Morgan fingerprint density at radius 1 is 1.67 bits per heavy atom. The minimum absolute atomic E-state index is 0.359. The molecule has 1 fully saturated rings. The lowest BCUT2D eigenvalue weighted by molar-refractivity contribution is 0.0817. The van der Waals surface area contributed by atoms with Crippen LogP contribution in [-0.4, -0.2) is 31.7 Å². The molecule has 1 unspecified atom stereocenters. The van der Waals surface area contributed by atoms with Crippen molar-refractivity contribution in [3.8, 4) is 0 Å². The largest absolute Gasteiger partial charge is 0.378 e. The quantitative estimate of drug-likeness (QED) is 0.541. The van der Waals surface area contributed by atoms with E-state index in [1.165, 1.54) is 18.7 Å². The maximum absolute atomic E-state index is 5.49. The van der Waals surface area contributed by atoms with Gasteiger partial charge in [0, 0.05) is 6.61 Å². The second kappa shape index (κ2) is 3.53. The van der Waals surface area contributed by atoms with Gasteiger partial charge in [0.15, 0.2) is 0 Å². The fourth-order valence-corrected chi connectivity index (χ4v) is 3.16. The zero-order valence-corrected chi connectivity index (χ0v) is 7.16. The molecular weight excluding hydrogens is 131 g/mol. The molecule has 1 nitrogen and oxygen atoms in total. The molecular formula is C7H15OP. The zero-order chi connectivity index (χ0) is 6.69. The standard InChI is InChI=1S/C7H15OP/c1-3-8-7-4-5-9(2)6-7/h7H,3-6H2,1-2H3/t7-,9?/m0/s1. The van der Waals surface area contributed by atoms with Crippen molar-refractivity contribution in [2.45, 2.75) is 19.4 Å². The summed E-state index contributed by atoms with van der Waals surface area (Å²) < 4.78 is 5.49. The van der Waals surface area contributed by atoms with Gasteiger partial charge in [-0.2, -0.15) is 0 Å². The van der Waals surface area contributed by atoms with Gasteiger partial charge in [0.1, 0.15) is 0 Å². The average molecular weight is 146 g/mol. The van der Waals surface area contributed by atoms with Crippen molar-refractivity contribution in [2.24, 2.45) is 0 Å². The molecule has 9 heavy (non-hydrogen) atoms. The Morgan fingerprint density at radius 3 is 2.89 bits per heavy atom. The van der Waals surface area contributed by atoms with E-state index in [1.54, 1.807) is 0 Å². The predicted octanol–water partition coefficient (Wildman–Crippen LogP) is 1.91. The highest BCUT2D eigenvalue weighted by Gasteiger charge is 2.20. The molecule has 0 bridgehead atoms. The van der Waals surface area contributed by atoms with Gasteiger partial charge < -0.3 is 4.74 Å². The third-order valence-electron chi connectivity index (χ3n) is 1.75. The SMILES string of the molecule is CCO[C@H]1CCP(C)C1. The fraction of sp³-hybridized carbons (Fsp3) is 1.00. The van der Waals surface area contributed by atoms with Gasteiger partial charge in [-0.1, -0.05) is 0 Å². The molecule has 2 heteroatoms. The Kier molecular flexibility index (Phi) is 2.94. The lowest BCUT2D eigenvalue weighted by atomic mass is 10.3. The van der Waals surface area contributed by atoms with Crippen molar-refractivity contribution in [2.75, 3.05) is 25.6 Å². The third kappa shape index (κ3) is 2.23. The Hall–Kier alpha value is 0.390. The van der Waals surface area contributed by atoms with Crippen LogP contribution in [0.3, 0.4) is 0 Å². The van der Waals surface area contributed by atoms with Crippen LogP contribution in [0.25, 0.3) is 0 Å². The summed E-state index contributed by atoms with van der Waals surface area (Å²) in [7, 11) is 0.359. The molecule has 1 saturated heterocycles. The Bertz CT molecular complexity index is 83.0. The lowest BCUT2D eigenvalue weighted by Crippen LogP contribution is -2.10. The van der Waals surface area contributed by atoms with Gasteiger partial charge in [0.25, 0.3) is 0 Å². The second-order valence-corrected chi connectivity index (χ2v) is 5.15. The van der Waals surface area contributed by atoms with E-state index in [4.69, 9.17) is 4.74 Å². The molecule has 0 aromatic carbocycles. The molecule has 0 saturated carbocycles. The maximum Gasteiger partial charge on any atom is 0.0617 e. The van der Waals surface area contributed by atoms with Crippen LogP contribution >= 0.6 is 7.92 Å². The van der Waals surface area contributed by atoms with E-state index < -0.39 is 0 Å². The second-order valence-electron chi connectivity index (χ2n) is 2.63. The number of rotatable bonds is 2. The minimum Gasteiger partial charge on any atom is -0.378 e. The first kappa shape index (κ1) is 7.50. The van der Waals surface area contributed by atoms with Crippen LogP contribution in [0.4, 0.5) is 0 Å². The number of hydrogen-bond acceptors (Lipinski definition) is 1. The first-order chi connectivity index (χ1) is 4.33.